The van der Waals surface area contributed by atoms with Gasteiger partial charge in [0.2, 0.25) is 0 Å². The Morgan fingerprint density at radius 2 is 0.518 bits per heavy atom. The molecule has 0 fully saturated rings. The molecule has 7 aromatic rings. The zero-order valence-corrected chi connectivity index (χ0v) is 46.5. The zero-order chi connectivity index (χ0) is 38.6. The molecule has 0 radical (unpaired) electrons. The van der Waals surface area contributed by atoms with Crippen LogP contribution in [0.15, 0.2) is 97.1 Å². The van der Waals surface area contributed by atoms with Crippen LogP contribution in [0.3, 0.4) is 0 Å². The van der Waals surface area contributed by atoms with Crippen molar-refractivity contribution in [2.24, 2.45) is 0 Å². The molecule has 0 aliphatic rings. The molecule has 7 aromatic carbocycles. The molecule has 0 nitrogen and oxygen atoms in total. The normalized spacial score (nSPS) is 11.9. The Kier molecular flexibility index (Phi) is 15.9. The molecule has 0 saturated carbocycles. The first kappa shape index (κ1) is 46.3. The fourth-order valence-corrected chi connectivity index (χ4v) is 25.1. The SMILES string of the molecule is Cc1cc(C)c([Si-]=[Si](c2c(C)cc(C)cc2C)c2c3ccccc3c([Si](=[Si-]c3c(C)cc(C)cc3C)c3c(C)cc(C)cc3C)c3ccccc23)c(C)c1.[K+].[K+]. The van der Waals surface area contributed by atoms with Crippen molar-refractivity contribution < 1.29 is 103 Å². The van der Waals surface area contributed by atoms with Crippen LogP contribution in [0.2, 0.25) is 0 Å². The van der Waals surface area contributed by atoms with E-state index in [1.807, 2.05) is 0 Å². The summed E-state index contributed by atoms with van der Waals surface area (Å²) in [6.07, 6.45) is 0. The molecule has 0 unspecified atom stereocenters. The van der Waals surface area contributed by atoms with Crippen molar-refractivity contribution in [3.8, 4) is 0 Å². The van der Waals surface area contributed by atoms with Crippen molar-refractivity contribution in [2.45, 2.75) is 83.1 Å². The third kappa shape index (κ3) is 9.25. The van der Waals surface area contributed by atoms with E-state index in [9.17, 15) is 0 Å². The van der Waals surface area contributed by atoms with Crippen LogP contribution in [0.4, 0.5) is 0 Å². The van der Waals surface area contributed by atoms with Crippen molar-refractivity contribution >= 4 is 85.7 Å². The van der Waals surface area contributed by atoms with E-state index in [-0.39, 0.29) is 103 Å². The van der Waals surface area contributed by atoms with E-state index in [4.69, 9.17) is 0 Å². The number of hydrogen-bond donors (Lipinski definition) is 0. The van der Waals surface area contributed by atoms with Crippen LogP contribution in [-0.4, -0.2) is 33.0 Å². The quantitative estimate of drug-likeness (QED) is 0.178. The van der Waals surface area contributed by atoms with Gasteiger partial charge < -0.3 is 17.2 Å². The van der Waals surface area contributed by atoms with Gasteiger partial charge in [-0.05, 0) is 105 Å². The van der Waals surface area contributed by atoms with Gasteiger partial charge >= 0.3 is 103 Å². The van der Waals surface area contributed by atoms with Gasteiger partial charge in [0.25, 0.3) is 0 Å². The topological polar surface area (TPSA) is 0 Å². The van der Waals surface area contributed by atoms with Crippen LogP contribution in [0.1, 0.15) is 66.8 Å². The second kappa shape index (κ2) is 19.3. The third-order valence-electron chi connectivity index (χ3n) is 11.1. The minimum Gasteiger partial charge on any atom is -0.408 e. The molecular formula is C50H52K2Si4. The van der Waals surface area contributed by atoms with E-state index in [0.717, 1.165) is 0 Å². The molecule has 0 N–H and O–H groups in total. The maximum absolute atomic E-state index is 2.48. The molecule has 0 aromatic heterocycles. The molecule has 0 bridgehead atoms. The van der Waals surface area contributed by atoms with Crippen LogP contribution in [0, 0.1) is 83.1 Å². The standard InChI is InChI=1S/C50H52Si4.2K/c1-29-21-33(5)45(34(6)22-29)51-53(47-37(9)25-31(3)26-38(47)10)49-41-17-13-15-19-43(41)50(44-20-16-14-18-42(44)49)54(48-39(11)27-32(4)28-40(48)12)52-46-35(7)23-30(2)24-36(46)8;;/h13-28H,1-12H3;;/q-2;2*+1. The molecule has 0 spiro atoms. The average molecular weight is 844 g/mol. The van der Waals surface area contributed by atoms with Crippen LogP contribution in [0.5, 0.6) is 0 Å². The first-order chi connectivity index (χ1) is 25.7. The first-order valence-corrected chi connectivity index (χ1v) is 26.3. The van der Waals surface area contributed by atoms with Gasteiger partial charge in [-0.1, -0.05) is 185 Å². The minimum atomic E-state index is -1.30. The predicted molar refractivity (Wildman–Crippen MR) is 245 cm³/mol. The molecule has 270 valence electrons. The predicted octanol–water partition coefficient (Wildman–Crippen LogP) is 1.97. The van der Waals surface area contributed by atoms with Crippen molar-refractivity contribution in [2.75, 3.05) is 0 Å². The fraction of sp³-hybridized carbons (Fsp3) is 0.240. The number of fused-ring (bicyclic) bond motifs is 2. The molecule has 0 aliphatic carbocycles. The van der Waals surface area contributed by atoms with Crippen molar-refractivity contribution in [3.63, 3.8) is 0 Å². The molecule has 56 heavy (non-hydrogen) atoms. The second-order valence-electron chi connectivity index (χ2n) is 15.9. The Bertz CT molecular complexity index is 2400. The van der Waals surface area contributed by atoms with Crippen molar-refractivity contribution in [3.05, 3.63) is 164 Å². The fourth-order valence-electron chi connectivity index (χ4n) is 9.32. The van der Waals surface area contributed by atoms with E-state index in [1.54, 1.807) is 31.1 Å². The van der Waals surface area contributed by atoms with Gasteiger partial charge in [0.1, 0.15) is 0 Å². The van der Waals surface area contributed by atoms with E-state index in [1.165, 1.54) is 88.3 Å². The summed E-state index contributed by atoms with van der Waals surface area (Å²) < 4.78 is 0. The number of hydrogen-bond acceptors (Lipinski definition) is 0. The van der Waals surface area contributed by atoms with E-state index in [2.05, 4.69) is 180 Å². The summed E-state index contributed by atoms with van der Waals surface area (Å²) in [6, 6.07) is 38.4. The van der Waals surface area contributed by atoms with Crippen LogP contribution in [0.25, 0.3) is 21.5 Å². The largest absolute Gasteiger partial charge is 1.00 e. The maximum atomic E-state index is 2.48. The van der Waals surface area contributed by atoms with Gasteiger partial charge in [-0.15, -0.1) is 15.8 Å². The molecule has 0 heterocycles. The monoisotopic (exact) mass is 842 g/mol. The second-order valence-corrected chi connectivity index (χ2v) is 25.4. The summed E-state index contributed by atoms with van der Waals surface area (Å²) in [5.41, 5.74) is 16.9. The maximum Gasteiger partial charge on any atom is 1.00 e. The molecule has 0 atom stereocenters. The average Bonchev–Trinajstić information content (AvgIpc) is 3.08. The van der Waals surface area contributed by atoms with Crippen molar-refractivity contribution in [1.82, 2.24) is 0 Å². The Balaban J connectivity index is 0.00000300. The van der Waals surface area contributed by atoms with Crippen LogP contribution < -0.4 is 134 Å². The number of benzene rings is 7. The summed E-state index contributed by atoms with van der Waals surface area (Å²) in [7, 11) is -1.19. The van der Waals surface area contributed by atoms with Crippen LogP contribution >= 0.6 is 0 Å². The van der Waals surface area contributed by atoms with E-state index < -0.39 is 15.8 Å². The minimum absolute atomic E-state index is 0. The van der Waals surface area contributed by atoms with Gasteiger partial charge in [-0.2, -0.15) is 0 Å². The Morgan fingerprint density at radius 1 is 0.304 bits per heavy atom. The number of aryl methyl sites for hydroxylation is 12. The molecule has 0 saturated heterocycles. The molecular weight excluding hydrogens is 791 g/mol. The van der Waals surface area contributed by atoms with Crippen LogP contribution in [-0.2, 0) is 0 Å². The first-order valence-electron chi connectivity index (χ1n) is 19.3. The zero-order valence-electron chi connectivity index (χ0n) is 36.2. The molecule has 6 heteroatoms. The van der Waals surface area contributed by atoms with Gasteiger partial charge in [0, 0.05) is 0 Å². The summed E-state index contributed by atoms with van der Waals surface area (Å²) in [5.74, 6) is 0. The Hall–Kier alpha value is -0.800. The van der Waals surface area contributed by atoms with Crippen molar-refractivity contribution in [1.29, 1.82) is 0 Å². The number of rotatable bonds is 6. The Morgan fingerprint density at radius 3 is 0.750 bits per heavy atom. The summed E-state index contributed by atoms with van der Waals surface area (Å²) in [5, 5.41) is 15.3. The third-order valence-corrected chi connectivity index (χ3v) is 24.4. The summed E-state index contributed by atoms with van der Waals surface area (Å²) in [4.78, 5) is 0. The smallest absolute Gasteiger partial charge is 0.408 e. The van der Waals surface area contributed by atoms with E-state index in [0.29, 0.717) is 17.2 Å². The van der Waals surface area contributed by atoms with E-state index >= 15 is 0 Å². The van der Waals surface area contributed by atoms with Gasteiger partial charge in [-0.3, -0.25) is 0 Å². The summed E-state index contributed by atoms with van der Waals surface area (Å²) in [6.45, 7) is 27.8. The van der Waals surface area contributed by atoms with Gasteiger partial charge in [-0.25, -0.2) is 10.4 Å². The van der Waals surface area contributed by atoms with Gasteiger partial charge in [0.05, 0.1) is 0 Å². The molecule has 7 rings (SSSR count). The molecule has 0 amide bonds. The Labute approximate surface area is 428 Å². The molecule has 0 aliphatic heterocycles. The van der Waals surface area contributed by atoms with Gasteiger partial charge in [0.15, 0.2) is 0 Å². The summed E-state index contributed by atoms with van der Waals surface area (Å²) >= 11 is 0.